The van der Waals surface area contributed by atoms with Gasteiger partial charge in [-0.25, -0.2) is 0 Å². The molecule has 0 unspecified atom stereocenters. The molecule has 0 saturated carbocycles. The molecule has 4 heteroatoms. The monoisotopic (exact) mass is 491 g/mol. The second-order valence-corrected chi connectivity index (χ2v) is 0. The van der Waals surface area contributed by atoms with Crippen LogP contribution < -0.4 is 0 Å². The van der Waals surface area contributed by atoms with Crippen molar-refractivity contribution < 1.29 is 134 Å². The van der Waals surface area contributed by atoms with Crippen LogP contribution in [-0.2, 0) is 16.8 Å². The predicted molar refractivity (Wildman–Crippen MR) is 0 cm³/mol. The first-order chi connectivity index (χ1) is 0. The molecule has 0 aliphatic heterocycles. The molecule has 0 bridgehead atoms. The minimum atomic E-state index is 0. The minimum Gasteiger partial charge on any atom is 0 e. The summed E-state index contributed by atoms with van der Waals surface area (Å²) in [7, 11) is 0. The third-order valence-electron chi connectivity index (χ3n) is 0. The average Bonchev–Trinajstić information content (AvgIpc) is 0. The Balaban J connectivity index is 0. The molecule has 3 radical (unpaired) electrons. The van der Waals surface area contributed by atoms with E-state index >= 15 is 0 Å². The van der Waals surface area contributed by atoms with Crippen LogP contribution in [0.25, 0.3) is 0 Å². The summed E-state index contributed by atoms with van der Waals surface area (Å²) >= 11 is 0. The van der Waals surface area contributed by atoms with Crippen molar-refractivity contribution in [1.29, 1.82) is 0 Å². The molecule has 0 aromatic carbocycles. The topological polar surface area (TPSA) is 0 Å². The van der Waals surface area contributed by atoms with E-state index in [2.05, 4.69) is 0 Å². The summed E-state index contributed by atoms with van der Waals surface area (Å²) in [5, 5.41) is 0. The molecule has 0 heterocycles. The SMILES string of the molecule is [Co].[La].[Pr].[Sm]. The molecule has 0 aliphatic carbocycles. The van der Waals surface area contributed by atoms with Crippen molar-refractivity contribution in [3.05, 3.63) is 0 Å². The van der Waals surface area contributed by atoms with Crippen LogP contribution in [-0.4, -0.2) is 0 Å². The van der Waals surface area contributed by atoms with Crippen LogP contribution in [0.3, 0.4) is 0 Å². The summed E-state index contributed by atoms with van der Waals surface area (Å²) in [6, 6.07) is 0. The Morgan fingerprint density at radius 2 is 1.00 bits per heavy atom. The molecule has 0 N–H and O–H groups in total. The maximum Gasteiger partial charge on any atom is 0 e. The standard InChI is InChI=1S/Co.La.Pr.Sm. The van der Waals surface area contributed by atoms with Crippen LogP contribution in [0.1, 0.15) is 0 Å². The Kier molecular flexibility index (Phi) is 93.0. The van der Waals surface area contributed by atoms with E-state index in [1.165, 1.54) is 0 Å². The molecule has 21 valence electrons. The van der Waals surface area contributed by atoms with Gasteiger partial charge >= 0.3 is 0 Å². The Hall–Kier alpha value is 4.40. The van der Waals surface area contributed by atoms with E-state index < -0.39 is 0 Å². The van der Waals surface area contributed by atoms with E-state index in [0.717, 1.165) is 0 Å². The third kappa shape index (κ3) is 9.64. The Labute approximate surface area is 130 Å². The van der Waals surface area contributed by atoms with Crippen molar-refractivity contribution in [2.75, 3.05) is 0 Å². The molecule has 0 amide bonds. The van der Waals surface area contributed by atoms with Gasteiger partial charge in [-0.05, 0) is 0 Å². The zero-order valence-electron chi connectivity index (χ0n) is 1.90. The van der Waals surface area contributed by atoms with Gasteiger partial charge in [0.05, 0.1) is 0 Å². The second-order valence-electron chi connectivity index (χ2n) is 0. The van der Waals surface area contributed by atoms with E-state index in [1.807, 2.05) is 0 Å². The van der Waals surface area contributed by atoms with E-state index in [4.69, 9.17) is 0 Å². The van der Waals surface area contributed by atoms with E-state index in [1.54, 1.807) is 0 Å². The first kappa shape index (κ1) is 23.8. The van der Waals surface area contributed by atoms with Gasteiger partial charge in [0.1, 0.15) is 0 Å². The molecule has 0 saturated heterocycles. The van der Waals surface area contributed by atoms with Crippen molar-refractivity contribution >= 4 is 0 Å². The molecule has 0 aromatic rings. The Morgan fingerprint density at radius 1 is 1.00 bits per heavy atom. The zero-order chi connectivity index (χ0) is 0. The Morgan fingerprint density at radius 3 is 1.00 bits per heavy atom. The minimum absolute atomic E-state index is 0. The summed E-state index contributed by atoms with van der Waals surface area (Å²) in [4.78, 5) is 0. The maximum atomic E-state index is 0. The molecule has 4 heavy (non-hydrogen) atoms. The molecule has 0 nitrogen and oxygen atoms in total. The van der Waals surface area contributed by atoms with Crippen LogP contribution in [0.15, 0.2) is 0 Å². The number of hydrogen-bond donors (Lipinski definition) is 0. The van der Waals surface area contributed by atoms with Gasteiger partial charge in [-0.1, -0.05) is 0 Å². The summed E-state index contributed by atoms with van der Waals surface area (Å²) in [6.45, 7) is 0. The Bertz CT molecular complexity index is 8.00. The molecular formula is CoLaPrSm. The molecule has 0 fully saturated rings. The van der Waals surface area contributed by atoms with Crippen LogP contribution in [0.5, 0.6) is 0 Å². The van der Waals surface area contributed by atoms with Crippen molar-refractivity contribution in [2.24, 2.45) is 0 Å². The van der Waals surface area contributed by atoms with Gasteiger partial charge in [0, 0.05) is 134 Å². The molecule has 0 rings (SSSR count). The van der Waals surface area contributed by atoms with Gasteiger partial charge in [0.25, 0.3) is 0 Å². The maximum absolute atomic E-state index is 0. The smallest absolute Gasteiger partial charge is 0 e. The first-order valence-corrected chi connectivity index (χ1v) is 0. The second kappa shape index (κ2) is 15.7. The average molecular weight is 489 g/mol. The quantitative estimate of drug-likeness (QED) is 0.450. The third-order valence-corrected chi connectivity index (χ3v) is 0. The fraction of sp³-hybridized carbons (Fsp3) is 0. The van der Waals surface area contributed by atoms with Crippen LogP contribution in [0.4, 0.5) is 0 Å². The van der Waals surface area contributed by atoms with Gasteiger partial charge in [0.2, 0.25) is 0 Å². The summed E-state index contributed by atoms with van der Waals surface area (Å²) in [5.74, 6) is 0. The van der Waals surface area contributed by atoms with Gasteiger partial charge in [-0.2, -0.15) is 0 Å². The first-order valence-electron chi connectivity index (χ1n) is 0. The zero-order valence-corrected chi connectivity index (χ0v) is 12.9. The predicted octanol–water partition coefficient (Wildman–Crippen LogP) is -0.00250. The van der Waals surface area contributed by atoms with Gasteiger partial charge in [-0.15, -0.1) is 0 Å². The molecule has 0 spiro atoms. The van der Waals surface area contributed by atoms with Gasteiger partial charge in [-0.3, -0.25) is 0 Å². The van der Waals surface area contributed by atoms with Crippen molar-refractivity contribution in [2.45, 2.75) is 0 Å². The molecular weight excluding hydrogens is 489 g/mol. The van der Waals surface area contributed by atoms with Crippen LogP contribution in [0, 0.1) is 117 Å². The van der Waals surface area contributed by atoms with Crippen LogP contribution in [0.2, 0.25) is 0 Å². The molecule has 0 atom stereocenters. The van der Waals surface area contributed by atoms with Crippen LogP contribution >= 0.6 is 0 Å². The normalized spacial score (nSPS) is 0. The van der Waals surface area contributed by atoms with Crippen molar-refractivity contribution in [1.82, 2.24) is 0 Å². The summed E-state index contributed by atoms with van der Waals surface area (Å²) in [6.07, 6.45) is 0. The largest absolute Gasteiger partial charge is 0 e. The summed E-state index contributed by atoms with van der Waals surface area (Å²) < 4.78 is 0. The van der Waals surface area contributed by atoms with E-state index in [-0.39, 0.29) is 134 Å². The fourth-order valence-electron chi connectivity index (χ4n) is 0. The van der Waals surface area contributed by atoms with Gasteiger partial charge < -0.3 is 0 Å². The fourth-order valence-corrected chi connectivity index (χ4v) is 0. The summed E-state index contributed by atoms with van der Waals surface area (Å²) in [5.41, 5.74) is 0. The number of hydrogen-bond acceptors (Lipinski definition) is 0. The molecule has 0 aliphatic rings. The van der Waals surface area contributed by atoms with Crippen molar-refractivity contribution in [3.63, 3.8) is 0 Å². The number of rotatable bonds is 0. The van der Waals surface area contributed by atoms with Crippen molar-refractivity contribution in [3.8, 4) is 0 Å². The molecule has 0 aromatic heterocycles. The van der Waals surface area contributed by atoms with E-state index in [9.17, 15) is 0 Å². The van der Waals surface area contributed by atoms with E-state index in [0.29, 0.717) is 0 Å². The van der Waals surface area contributed by atoms with Gasteiger partial charge in [0.15, 0.2) is 0 Å².